The summed E-state index contributed by atoms with van der Waals surface area (Å²) < 4.78 is 5.11. The van der Waals surface area contributed by atoms with Crippen LogP contribution in [0.15, 0.2) is 5.38 Å². The van der Waals surface area contributed by atoms with Gasteiger partial charge in [0.25, 0.3) is 0 Å². The average Bonchev–Trinajstić information content (AvgIpc) is 2.71. The van der Waals surface area contributed by atoms with E-state index in [1.54, 1.807) is 18.4 Å². The lowest BCUT2D eigenvalue weighted by Gasteiger charge is -2.25. The molecule has 0 saturated carbocycles. The number of thiazole rings is 1. The molecule has 0 amide bonds. The van der Waals surface area contributed by atoms with Crippen LogP contribution in [0.4, 0.5) is 0 Å². The van der Waals surface area contributed by atoms with Gasteiger partial charge < -0.3 is 10.5 Å². The Balaban J connectivity index is 2.53. The first-order chi connectivity index (χ1) is 7.67. The van der Waals surface area contributed by atoms with E-state index in [0.717, 1.165) is 30.4 Å². The monoisotopic (exact) mass is 243 g/mol. The van der Waals surface area contributed by atoms with E-state index in [-0.39, 0.29) is 0 Å². The van der Waals surface area contributed by atoms with Crippen molar-refractivity contribution in [3.8, 4) is 0 Å². The maximum absolute atomic E-state index is 5.55. The SMILES string of the molecule is COCCN(Cc1csc(CN)n1)C(C)C. The second kappa shape index (κ2) is 6.96. The van der Waals surface area contributed by atoms with Crippen LogP contribution in [0, 0.1) is 0 Å². The fourth-order valence-electron chi connectivity index (χ4n) is 1.45. The second-order valence-electron chi connectivity index (χ2n) is 3.99. The molecule has 0 aliphatic rings. The molecule has 0 aliphatic carbocycles. The summed E-state index contributed by atoms with van der Waals surface area (Å²) >= 11 is 1.63. The molecule has 1 rings (SSSR count). The number of hydrogen-bond acceptors (Lipinski definition) is 5. The molecule has 0 bridgehead atoms. The van der Waals surface area contributed by atoms with Gasteiger partial charge in [-0.2, -0.15) is 0 Å². The minimum absolute atomic E-state index is 0.498. The molecule has 0 aliphatic heterocycles. The summed E-state index contributed by atoms with van der Waals surface area (Å²) in [4.78, 5) is 6.82. The molecule has 2 N–H and O–H groups in total. The van der Waals surface area contributed by atoms with Crippen molar-refractivity contribution in [1.82, 2.24) is 9.88 Å². The van der Waals surface area contributed by atoms with E-state index < -0.39 is 0 Å². The van der Waals surface area contributed by atoms with Crippen molar-refractivity contribution in [2.24, 2.45) is 5.73 Å². The minimum atomic E-state index is 0.498. The molecule has 0 atom stereocenters. The Hall–Kier alpha value is -0.490. The van der Waals surface area contributed by atoms with Crippen LogP contribution in [-0.2, 0) is 17.8 Å². The van der Waals surface area contributed by atoms with E-state index in [2.05, 4.69) is 29.1 Å². The molecule has 1 aromatic heterocycles. The van der Waals surface area contributed by atoms with Crippen molar-refractivity contribution in [1.29, 1.82) is 0 Å². The quantitative estimate of drug-likeness (QED) is 0.787. The summed E-state index contributed by atoms with van der Waals surface area (Å²) in [6.07, 6.45) is 0. The smallest absolute Gasteiger partial charge is 0.106 e. The summed E-state index contributed by atoms with van der Waals surface area (Å²) in [6.45, 7) is 7.47. The summed E-state index contributed by atoms with van der Waals surface area (Å²) in [5.74, 6) is 0. The van der Waals surface area contributed by atoms with E-state index in [1.165, 1.54) is 0 Å². The van der Waals surface area contributed by atoms with E-state index in [9.17, 15) is 0 Å². The Morgan fingerprint density at radius 2 is 2.31 bits per heavy atom. The van der Waals surface area contributed by atoms with Crippen molar-refractivity contribution in [2.45, 2.75) is 33.0 Å². The predicted molar refractivity (Wildman–Crippen MR) is 67.4 cm³/mol. The maximum Gasteiger partial charge on any atom is 0.106 e. The third-order valence-electron chi connectivity index (χ3n) is 2.45. The molecular formula is C11H21N3OS. The van der Waals surface area contributed by atoms with Crippen LogP contribution in [0.2, 0.25) is 0 Å². The fraction of sp³-hybridized carbons (Fsp3) is 0.727. The van der Waals surface area contributed by atoms with Crippen LogP contribution in [0.3, 0.4) is 0 Å². The summed E-state index contributed by atoms with van der Waals surface area (Å²) in [5, 5.41) is 3.09. The highest BCUT2D eigenvalue weighted by Gasteiger charge is 2.11. The topological polar surface area (TPSA) is 51.4 Å². The zero-order valence-corrected chi connectivity index (χ0v) is 11.1. The highest BCUT2D eigenvalue weighted by molar-refractivity contribution is 7.09. The first kappa shape index (κ1) is 13.6. The minimum Gasteiger partial charge on any atom is -0.383 e. The number of methoxy groups -OCH3 is 1. The average molecular weight is 243 g/mol. The lowest BCUT2D eigenvalue weighted by molar-refractivity contribution is 0.124. The summed E-state index contributed by atoms with van der Waals surface area (Å²) in [6, 6.07) is 0.498. The molecule has 0 radical (unpaired) electrons. The molecule has 1 aromatic rings. The van der Waals surface area contributed by atoms with Gasteiger partial charge in [0.2, 0.25) is 0 Å². The second-order valence-corrected chi connectivity index (χ2v) is 4.94. The van der Waals surface area contributed by atoms with E-state index >= 15 is 0 Å². The van der Waals surface area contributed by atoms with Gasteiger partial charge in [-0.25, -0.2) is 4.98 Å². The Bertz CT molecular complexity index is 301. The van der Waals surface area contributed by atoms with Gasteiger partial charge >= 0.3 is 0 Å². The van der Waals surface area contributed by atoms with Gasteiger partial charge in [-0.05, 0) is 13.8 Å². The molecule has 0 fully saturated rings. The number of aromatic nitrogens is 1. The Labute approximate surface area is 101 Å². The van der Waals surface area contributed by atoms with Crippen LogP contribution in [-0.4, -0.2) is 36.2 Å². The molecule has 5 heteroatoms. The number of nitrogens with zero attached hydrogens (tertiary/aromatic N) is 2. The zero-order chi connectivity index (χ0) is 12.0. The molecule has 92 valence electrons. The zero-order valence-electron chi connectivity index (χ0n) is 10.3. The number of hydrogen-bond donors (Lipinski definition) is 1. The van der Waals surface area contributed by atoms with Crippen molar-refractivity contribution in [3.63, 3.8) is 0 Å². The first-order valence-corrected chi connectivity index (χ1v) is 6.41. The molecule has 16 heavy (non-hydrogen) atoms. The number of nitrogens with two attached hydrogens (primary N) is 1. The molecule has 0 unspecified atom stereocenters. The molecule has 0 saturated heterocycles. The Morgan fingerprint density at radius 1 is 1.56 bits per heavy atom. The first-order valence-electron chi connectivity index (χ1n) is 5.53. The summed E-state index contributed by atoms with van der Waals surface area (Å²) in [5.41, 5.74) is 6.65. The van der Waals surface area contributed by atoms with Crippen LogP contribution in [0.5, 0.6) is 0 Å². The number of rotatable bonds is 7. The largest absolute Gasteiger partial charge is 0.383 e. The molecule has 4 nitrogen and oxygen atoms in total. The molecule has 0 aromatic carbocycles. The van der Waals surface area contributed by atoms with Gasteiger partial charge in [-0.3, -0.25) is 4.90 Å². The van der Waals surface area contributed by atoms with Gasteiger partial charge in [0.15, 0.2) is 0 Å². The van der Waals surface area contributed by atoms with E-state index in [4.69, 9.17) is 10.5 Å². The van der Waals surface area contributed by atoms with Crippen LogP contribution in [0.1, 0.15) is 24.5 Å². The fourth-order valence-corrected chi connectivity index (χ4v) is 2.12. The normalized spacial score (nSPS) is 11.6. The molecule has 0 spiro atoms. The maximum atomic E-state index is 5.55. The Morgan fingerprint density at radius 3 is 2.81 bits per heavy atom. The standard InChI is InChI=1S/C11H21N3OS/c1-9(2)14(4-5-15-3)7-10-8-16-11(6-12)13-10/h8-9H,4-7,12H2,1-3H3. The van der Waals surface area contributed by atoms with Crippen molar-refractivity contribution < 1.29 is 4.74 Å². The highest BCUT2D eigenvalue weighted by Crippen LogP contribution is 2.12. The van der Waals surface area contributed by atoms with Gasteiger partial charge in [0, 0.05) is 38.2 Å². The van der Waals surface area contributed by atoms with Crippen LogP contribution < -0.4 is 5.73 Å². The van der Waals surface area contributed by atoms with Gasteiger partial charge in [0.05, 0.1) is 12.3 Å². The van der Waals surface area contributed by atoms with Crippen molar-refractivity contribution in [2.75, 3.05) is 20.3 Å². The Kier molecular flexibility index (Phi) is 5.90. The van der Waals surface area contributed by atoms with Crippen LogP contribution >= 0.6 is 11.3 Å². The van der Waals surface area contributed by atoms with Gasteiger partial charge in [-0.15, -0.1) is 11.3 Å². The molecule has 1 heterocycles. The van der Waals surface area contributed by atoms with Crippen molar-refractivity contribution >= 4 is 11.3 Å². The summed E-state index contributed by atoms with van der Waals surface area (Å²) in [7, 11) is 1.73. The van der Waals surface area contributed by atoms with Gasteiger partial charge in [-0.1, -0.05) is 0 Å². The lowest BCUT2D eigenvalue weighted by Crippen LogP contribution is -2.33. The predicted octanol–water partition coefficient (Wildman–Crippen LogP) is 1.46. The van der Waals surface area contributed by atoms with Gasteiger partial charge in [0.1, 0.15) is 5.01 Å². The highest BCUT2D eigenvalue weighted by atomic mass is 32.1. The van der Waals surface area contributed by atoms with E-state index in [0.29, 0.717) is 12.6 Å². The lowest BCUT2D eigenvalue weighted by atomic mass is 10.3. The number of ether oxygens (including phenoxy) is 1. The van der Waals surface area contributed by atoms with Crippen LogP contribution in [0.25, 0.3) is 0 Å². The van der Waals surface area contributed by atoms with Crippen molar-refractivity contribution in [3.05, 3.63) is 16.1 Å². The third kappa shape index (κ3) is 4.17. The van der Waals surface area contributed by atoms with E-state index in [1.807, 2.05) is 0 Å². The third-order valence-corrected chi connectivity index (χ3v) is 3.37. The molecular weight excluding hydrogens is 222 g/mol.